The second kappa shape index (κ2) is 8.19. The standard InChI is InChI=1S/C23H24N6O4S/c1-13-20(14(2)33-27-13)16-6-7-18-21-22(16)32-12-19(17-5-3-4-8-24-17)29(21)23(26-18)28-10-15(11-28)9-25-34(30)31/h3-8,15,19,25H,9-12H2,1-2H3,(H,30,31)/t19-/m1/s1. The number of hydrogen-bond donors (Lipinski definition) is 2. The Balaban J connectivity index is 1.48. The van der Waals surface area contributed by atoms with Gasteiger partial charge in [-0.3, -0.25) is 14.1 Å². The van der Waals surface area contributed by atoms with E-state index in [9.17, 15) is 4.21 Å². The van der Waals surface area contributed by atoms with Crippen molar-refractivity contribution in [1.82, 2.24) is 24.4 Å². The molecule has 2 N–H and O–H groups in total. The van der Waals surface area contributed by atoms with E-state index >= 15 is 0 Å². The largest absolute Gasteiger partial charge is 0.488 e. The Kier molecular flexibility index (Phi) is 5.12. The first kappa shape index (κ1) is 21.3. The normalized spacial score (nSPS) is 18.7. The van der Waals surface area contributed by atoms with E-state index in [1.54, 1.807) is 6.20 Å². The number of rotatable bonds is 6. The molecule has 2 aliphatic heterocycles. The molecule has 11 heteroatoms. The van der Waals surface area contributed by atoms with E-state index in [0.29, 0.717) is 13.2 Å². The molecule has 1 saturated heterocycles. The summed E-state index contributed by atoms with van der Waals surface area (Å²) in [5.41, 5.74) is 5.37. The van der Waals surface area contributed by atoms with Crippen LogP contribution in [0.15, 0.2) is 41.1 Å². The van der Waals surface area contributed by atoms with Crippen molar-refractivity contribution < 1.29 is 18.0 Å². The van der Waals surface area contributed by atoms with Crippen LogP contribution in [0.2, 0.25) is 0 Å². The van der Waals surface area contributed by atoms with E-state index in [4.69, 9.17) is 18.8 Å². The van der Waals surface area contributed by atoms with Gasteiger partial charge in [0.15, 0.2) is 5.75 Å². The predicted octanol–water partition coefficient (Wildman–Crippen LogP) is 2.85. The Bertz CT molecular complexity index is 1380. The topological polar surface area (TPSA) is 119 Å². The lowest BCUT2D eigenvalue weighted by Gasteiger charge is -2.41. The predicted molar refractivity (Wildman–Crippen MR) is 127 cm³/mol. The zero-order chi connectivity index (χ0) is 23.4. The van der Waals surface area contributed by atoms with Crippen LogP contribution in [0.4, 0.5) is 5.95 Å². The van der Waals surface area contributed by atoms with Gasteiger partial charge < -0.3 is 14.2 Å². The van der Waals surface area contributed by atoms with E-state index < -0.39 is 11.3 Å². The number of anilines is 1. The first-order valence-electron chi connectivity index (χ1n) is 11.1. The van der Waals surface area contributed by atoms with Crippen molar-refractivity contribution in [3.05, 3.63) is 53.7 Å². The molecular formula is C23H24N6O4S. The van der Waals surface area contributed by atoms with Gasteiger partial charge in [0.25, 0.3) is 0 Å². The number of hydrogen-bond acceptors (Lipinski definition) is 7. The third-order valence-corrected chi connectivity index (χ3v) is 6.97. The molecule has 10 nitrogen and oxygen atoms in total. The number of benzene rings is 1. The quantitative estimate of drug-likeness (QED) is 0.405. The summed E-state index contributed by atoms with van der Waals surface area (Å²) in [6, 6.07) is 9.79. The number of nitrogens with zero attached hydrogens (tertiary/aromatic N) is 5. The molecule has 0 saturated carbocycles. The monoisotopic (exact) mass is 480 g/mol. The Labute approximate surface area is 198 Å². The Morgan fingerprint density at radius 1 is 1.24 bits per heavy atom. The van der Waals surface area contributed by atoms with Gasteiger partial charge in [0.1, 0.15) is 23.9 Å². The minimum absolute atomic E-state index is 0.129. The highest BCUT2D eigenvalue weighted by molar-refractivity contribution is 7.77. The van der Waals surface area contributed by atoms with Crippen molar-refractivity contribution in [2.45, 2.75) is 19.9 Å². The van der Waals surface area contributed by atoms with Crippen LogP contribution in [-0.2, 0) is 11.3 Å². The SMILES string of the molecule is Cc1noc(C)c1-c1ccc2nc(N3CC(CNS(=O)O)C3)n3c2c1OC[C@@H]3c1ccccn1. The molecule has 0 radical (unpaired) electrons. The first-order valence-corrected chi connectivity index (χ1v) is 12.2. The molecule has 1 unspecified atom stereocenters. The molecule has 34 heavy (non-hydrogen) atoms. The van der Waals surface area contributed by atoms with E-state index in [0.717, 1.165) is 64.1 Å². The van der Waals surface area contributed by atoms with E-state index in [2.05, 4.69) is 24.3 Å². The molecule has 5 heterocycles. The number of aryl methyl sites for hydroxylation is 2. The summed E-state index contributed by atoms with van der Waals surface area (Å²) in [7, 11) is 0. The smallest absolute Gasteiger partial charge is 0.231 e. The van der Waals surface area contributed by atoms with Crippen LogP contribution in [0.3, 0.4) is 0 Å². The van der Waals surface area contributed by atoms with Crippen LogP contribution in [0.25, 0.3) is 22.2 Å². The van der Waals surface area contributed by atoms with Crippen LogP contribution >= 0.6 is 0 Å². The Morgan fingerprint density at radius 3 is 2.79 bits per heavy atom. The molecule has 0 aliphatic carbocycles. The summed E-state index contributed by atoms with van der Waals surface area (Å²) in [6.45, 7) is 6.23. The fourth-order valence-electron chi connectivity index (χ4n) is 4.95. The van der Waals surface area contributed by atoms with Crippen LogP contribution < -0.4 is 14.4 Å². The third-order valence-electron chi connectivity index (χ3n) is 6.55. The highest BCUT2D eigenvalue weighted by Crippen LogP contribution is 2.46. The van der Waals surface area contributed by atoms with Crippen LogP contribution in [0, 0.1) is 19.8 Å². The summed E-state index contributed by atoms with van der Waals surface area (Å²) in [6.07, 6.45) is 1.79. The third kappa shape index (κ3) is 3.39. The fourth-order valence-corrected chi connectivity index (χ4v) is 5.33. The zero-order valence-electron chi connectivity index (χ0n) is 18.8. The average Bonchev–Trinajstić information content (AvgIpc) is 3.35. The molecule has 4 aromatic rings. The van der Waals surface area contributed by atoms with Gasteiger partial charge in [0.05, 0.1) is 22.5 Å². The van der Waals surface area contributed by atoms with Crippen molar-refractivity contribution in [3.63, 3.8) is 0 Å². The van der Waals surface area contributed by atoms with Crippen LogP contribution in [-0.4, -0.2) is 54.7 Å². The van der Waals surface area contributed by atoms with Crippen molar-refractivity contribution >= 4 is 28.2 Å². The lowest BCUT2D eigenvalue weighted by Crippen LogP contribution is -2.52. The fraction of sp³-hybridized carbons (Fsp3) is 0.348. The molecule has 2 aliphatic rings. The summed E-state index contributed by atoms with van der Waals surface area (Å²) in [5, 5.41) is 4.13. The maximum atomic E-state index is 11.0. The number of aromatic nitrogens is 4. The molecular weight excluding hydrogens is 456 g/mol. The minimum atomic E-state index is -2.00. The molecule has 3 aromatic heterocycles. The summed E-state index contributed by atoms with van der Waals surface area (Å²) in [5.74, 6) is 2.64. The van der Waals surface area contributed by atoms with Crippen molar-refractivity contribution in [2.75, 3.05) is 31.1 Å². The van der Waals surface area contributed by atoms with Gasteiger partial charge in [-0.1, -0.05) is 11.2 Å². The first-order chi connectivity index (χ1) is 16.5. The second-order valence-electron chi connectivity index (χ2n) is 8.74. The lowest BCUT2D eigenvalue weighted by atomic mass is 10.0. The van der Waals surface area contributed by atoms with Crippen LogP contribution in [0.1, 0.15) is 23.2 Å². The molecule has 2 atom stereocenters. The van der Waals surface area contributed by atoms with E-state index in [1.807, 2.05) is 44.2 Å². The second-order valence-corrected chi connectivity index (χ2v) is 9.53. The molecule has 1 aromatic carbocycles. The van der Waals surface area contributed by atoms with Crippen molar-refractivity contribution in [3.8, 4) is 16.9 Å². The highest BCUT2D eigenvalue weighted by atomic mass is 32.2. The molecule has 0 bridgehead atoms. The number of nitrogens with one attached hydrogen (secondary N) is 1. The Hall–Kier alpha value is -3.28. The van der Waals surface area contributed by atoms with Gasteiger partial charge in [-0.2, -0.15) is 0 Å². The average molecular weight is 481 g/mol. The van der Waals surface area contributed by atoms with E-state index in [1.165, 1.54) is 0 Å². The molecule has 0 amide bonds. The molecule has 1 fully saturated rings. The zero-order valence-corrected chi connectivity index (χ0v) is 19.6. The molecule has 0 spiro atoms. The number of imidazole rings is 1. The van der Waals surface area contributed by atoms with E-state index in [-0.39, 0.29) is 12.0 Å². The summed E-state index contributed by atoms with van der Waals surface area (Å²) >= 11 is -2.00. The lowest BCUT2D eigenvalue weighted by molar-refractivity contribution is 0.255. The summed E-state index contributed by atoms with van der Waals surface area (Å²) < 4.78 is 36.6. The van der Waals surface area contributed by atoms with Gasteiger partial charge >= 0.3 is 0 Å². The summed E-state index contributed by atoms with van der Waals surface area (Å²) in [4.78, 5) is 11.8. The van der Waals surface area contributed by atoms with Crippen LogP contribution in [0.5, 0.6) is 5.75 Å². The maximum Gasteiger partial charge on any atom is 0.231 e. The Morgan fingerprint density at radius 2 is 2.09 bits per heavy atom. The van der Waals surface area contributed by atoms with Gasteiger partial charge in [0, 0.05) is 37.3 Å². The molecule has 176 valence electrons. The van der Waals surface area contributed by atoms with Crippen molar-refractivity contribution in [2.24, 2.45) is 5.92 Å². The van der Waals surface area contributed by atoms with Gasteiger partial charge in [-0.05, 0) is 38.1 Å². The number of pyridine rings is 1. The van der Waals surface area contributed by atoms with Gasteiger partial charge in [-0.15, -0.1) is 0 Å². The highest BCUT2D eigenvalue weighted by Gasteiger charge is 2.37. The molecule has 6 rings (SSSR count). The minimum Gasteiger partial charge on any atom is -0.488 e. The van der Waals surface area contributed by atoms with Crippen molar-refractivity contribution in [1.29, 1.82) is 0 Å². The maximum absolute atomic E-state index is 11.0. The van der Waals surface area contributed by atoms with Gasteiger partial charge in [-0.25, -0.2) is 13.9 Å². The number of ether oxygens (including phenoxy) is 1. The van der Waals surface area contributed by atoms with Gasteiger partial charge in [0.2, 0.25) is 17.2 Å².